The number of hydrogen-bond donors (Lipinski definition) is 3. The molecule has 0 bridgehead atoms. The summed E-state index contributed by atoms with van der Waals surface area (Å²) in [6.45, 7) is 3.66. The fraction of sp³-hybridized carbons (Fsp3) is 0.480. The van der Waals surface area contributed by atoms with Gasteiger partial charge in [-0.1, -0.05) is 67.1 Å². The number of benzene rings is 2. The minimum atomic E-state index is -1.42. The van der Waals surface area contributed by atoms with E-state index in [-0.39, 0.29) is 11.8 Å². The van der Waals surface area contributed by atoms with Gasteiger partial charge >= 0.3 is 0 Å². The second kappa shape index (κ2) is 8.14. The summed E-state index contributed by atoms with van der Waals surface area (Å²) in [5.74, 6) is 1.07. The molecule has 0 radical (unpaired) electrons. The van der Waals surface area contributed by atoms with Crippen molar-refractivity contribution in [1.82, 2.24) is 15.5 Å². The van der Waals surface area contributed by atoms with Gasteiger partial charge in [0.25, 0.3) is 5.91 Å². The largest absolute Gasteiger partial charge is 0.375 e. The van der Waals surface area contributed by atoms with E-state index in [4.69, 9.17) is 0 Å². The lowest BCUT2D eigenvalue weighted by Gasteiger charge is -2.40. The lowest BCUT2D eigenvalue weighted by Crippen LogP contribution is -2.53. The SMILES string of the molecule is O=C(NCNC1[C@H]2CN(Cc3ccccc3)C[C@@H]12)C(O)(c1ccccc1)C1CCC1. The van der Waals surface area contributed by atoms with Gasteiger partial charge in [0.05, 0.1) is 6.67 Å². The summed E-state index contributed by atoms with van der Waals surface area (Å²) in [5, 5.41) is 17.8. The Morgan fingerprint density at radius 1 is 1.00 bits per heavy atom. The van der Waals surface area contributed by atoms with Crippen LogP contribution in [-0.4, -0.2) is 41.7 Å². The maximum absolute atomic E-state index is 13.0. The van der Waals surface area contributed by atoms with Crippen molar-refractivity contribution in [3.05, 3.63) is 71.8 Å². The van der Waals surface area contributed by atoms with Crippen LogP contribution >= 0.6 is 0 Å². The number of piperidine rings is 1. The Labute approximate surface area is 178 Å². The highest BCUT2D eigenvalue weighted by Crippen LogP contribution is 2.46. The van der Waals surface area contributed by atoms with E-state index in [1.807, 2.05) is 30.3 Å². The Hall–Kier alpha value is -2.21. The van der Waals surface area contributed by atoms with Gasteiger partial charge in [-0.25, -0.2) is 0 Å². The van der Waals surface area contributed by atoms with Gasteiger partial charge in [-0.05, 0) is 35.8 Å². The zero-order valence-electron chi connectivity index (χ0n) is 17.3. The van der Waals surface area contributed by atoms with Gasteiger partial charge in [-0.15, -0.1) is 0 Å². The molecular formula is C25H31N3O2. The van der Waals surface area contributed by atoms with Gasteiger partial charge in [0.1, 0.15) is 0 Å². The molecule has 3 fully saturated rings. The number of likely N-dealkylation sites (tertiary alicyclic amines) is 1. The number of carbonyl (C=O) groups is 1. The fourth-order valence-electron chi connectivity index (χ4n) is 5.34. The molecule has 2 aliphatic carbocycles. The molecule has 1 amide bonds. The molecule has 0 spiro atoms. The Bertz CT molecular complexity index is 858. The highest BCUT2D eigenvalue weighted by Gasteiger charge is 2.55. The average Bonchev–Trinajstić information content (AvgIpc) is 3.18. The second-order valence-corrected chi connectivity index (χ2v) is 9.18. The number of nitrogens with zero attached hydrogens (tertiary/aromatic N) is 1. The van der Waals surface area contributed by atoms with Crippen molar-refractivity contribution in [2.75, 3.05) is 19.8 Å². The smallest absolute Gasteiger partial charge is 0.257 e. The third-order valence-electron chi connectivity index (χ3n) is 7.36. The zero-order valence-corrected chi connectivity index (χ0v) is 17.3. The minimum absolute atomic E-state index is 0.00625. The number of nitrogens with one attached hydrogen (secondary N) is 2. The van der Waals surface area contributed by atoms with Crippen LogP contribution < -0.4 is 10.6 Å². The highest BCUT2D eigenvalue weighted by molar-refractivity contribution is 5.86. The zero-order chi connectivity index (χ0) is 20.6. The summed E-state index contributed by atoms with van der Waals surface area (Å²) < 4.78 is 0. The number of fused-ring (bicyclic) bond motifs is 1. The molecule has 5 heteroatoms. The van der Waals surface area contributed by atoms with Crippen LogP contribution in [-0.2, 0) is 16.9 Å². The molecule has 30 heavy (non-hydrogen) atoms. The van der Waals surface area contributed by atoms with E-state index in [2.05, 4.69) is 45.9 Å². The molecule has 1 aliphatic heterocycles. The van der Waals surface area contributed by atoms with Gasteiger partial charge in [0.15, 0.2) is 5.60 Å². The predicted octanol–water partition coefficient (Wildman–Crippen LogP) is 2.47. The third kappa shape index (κ3) is 3.66. The topological polar surface area (TPSA) is 64.6 Å². The molecule has 0 aromatic heterocycles. The van der Waals surface area contributed by atoms with Gasteiger partial charge in [0, 0.05) is 31.6 Å². The lowest BCUT2D eigenvalue weighted by atomic mass is 9.69. The van der Waals surface area contributed by atoms with Crippen molar-refractivity contribution in [3.63, 3.8) is 0 Å². The highest BCUT2D eigenvalue weighted by atomic mass is 16.3. The summed E-state index contributed by atoms with van der Waals surface area (Å²) in [6, 6.07) is 20.5. The Kier molecular flexibility index (Phi) is 5.35. The molecular weight excluding hydrogens is 374 g/mol. The molecule has 3 aliphatic rings. The summed E-state index contributed by atoms with van der Waals surface area (Å²) in [7, 11) is 0. The number of rotatable bonds is 8. The molecule has 2 aromatic carbocycles. The first-order valence-corrected chi connectivity index (χ1v) is 11.2. The summed E-state index contributed by atoms with van der Waals surface area (Å²) in [4.78, 5) is 15.5. The first kappa shape index (κ1) is 19.7. The van der Waals surface area contributed by atoms with Gasteiger partial charge in [0.2, 0.25) is 0 Å². The van der Waals surface area contributed by atoms with Crippen LogP contribution in [0.4, 0.5) is 0 Å². The van der Waals surface area contributed by atoms with Gasteiger partial charge in [-0.2, -0.15) is 0 Å². The van der Waals surface area contributed by atoms with Crippen LogP contribution in [0.2, 0.25) is 0 Å². The monoisotopic (exact) mass is 405 g/mol. The molecule has 2 aromatic rings. The van der Waals surface area contributed by atoms with Crippen LogP contribution in [0.25, 0.3) is 0 Å². The van der Waals surface area contributed by atoms with E-state index >= 15 is 0 Å². The Morgan fingerprint density at radius 3 is 2.23 bits per heavy atom. The van der Waals surface area contributed by atoms with Crippen molar-refractivity contribution in [2.24, 2.45) is 17.8 Å². The van der Waals surface area contributed by atoms with Crippen LogP contribution in [0, 0.1) is 17.8 Å². The molecule has 5 rings (SSSR count). The van der Waals surface area contributed by atoms with Crippen molar-refractivity contribution in [2.45, 2.75) is 37.5 Å². The molecule has 5 nitrogen and oxygen atoms in total. The van der Waals surface area contributed by atoms with Gasteiger partial charge in [-0.3, -0.25) is 15.0 Å². The number of hydrogen-bond acceptors (Lipinski definition) is 4. The minimum Gasteiger partial charge on any atom is -0.375 e. The van der Waals surface area contributed by atoms with E-state index in [0.29, 0.717) is 30.1 Å². The van der Waals surface area contributed by atoms with Crippen LogP contribution in [0.5, 0.6) is 0 Å². The molecule has 2 unspecified atom stereocenters. The van der Waals surface area contributed by atoms with Crippen molar-refractivity contribution in [1.29, 1.82) is 0 Å². The van der Waals surface area contributed by atoms with E-state index in [1.165, 1.54) is 5.56 Å². The third-order valence-corrected chi connectivity index (χ3v) is 7.36. The van der Waals surface area contributed by atoms with Crippen molar-refractivity contribution < 1.29 is 9.90 Å². The second-order valence-electron chi connectivity index (χ2n) is 9.18. The van der Waals surface area contributed by atoms with Crippen LogP contribution in [0.1, 0.15) is 30.4 Å². The first-order valence-electron chi connectivity index (χ1n) is 11.2. The Balaban J connectivity index is 1.11. The Morgan fingerprint density at radius 2 is 1.63 bits per heavy atom. The summed E-state index contributed by atoms with van der Waals surface area (Å²) in [5.41, 5.74) is 0.645. The van der Waals surface area contributed by atoms with Crippen molar-refractivity contribution >= 4 is 5.91 Å². The maximum atomic E-state index is 13.0. The van der Waals surface area contributed by atoms with Crippen molar-refractivity contribution in [3.8, 4) is 0 Å². The van der Waals surface area contributed by atoms with Crippen LogP contribution in [0.15, 0.2) is 60.7 Å². The lowest BCUT2D eigenvalue weighted by molar-refractivity contribution is -0.152. The molecule has 1 saturated heterocycles. The van der Waals surface area contributed by atoms with E-state index < -0.39 is 5.60 Å². The van der Waals surface area contributed by atoms with Gasteiger partial charge < -0.3 is 10.4 Å². The molecule has 4 atom stereocenters. The number of aliphatic hydroxyl groups is 1. The van der Waals surface area contributed by atoms with E-state index in [1.54, 1.807) is 0 Å². The number of amides is 1. The van der Waals surface area contributed by atoms with Crippen LogP contribution in [0.3, 0.4) is 0 Å². The summed E-state index contributed by atoms with van der Waals surface area (Å²) >= 11 is 0. The normalized spacial score (nSPS) is 27.7. The molecule has 3 N–H and O–H groups in total. The standard InChI is InChI=1S/C25H31N3O2/c29-24(25(30,20-12-7-13-20)19-10-5-2-6-11-19)27-17-26-23-21-15-28(16-22(21)23)14-18-8-3-1-4-9-18/h1-6,8-11,20-23,26,30H,7,12-17H2,(H,27,29)/t21-,22+,23?,25?. The number of carbonyl (C=O) groups excluding carboxylic acids is 1. The summed E-state index contributed by atoms with van der Waals surface area (Å²) in [6.07, 6.45) is 2.88. The first-order chi connectivity index (χ1) is 14.7. The molecule has 158 valence electrons. The predicted molar refractivity (Wildman–Crippen MR) is 116 cm³/mol. The molecule has 1 heterocycles. The van der Waals surface area contributed by atoms with E-state index in [0.717, 1.165) is 38.9 Å². The maximum Gasteiger partial charge on any atom is 0.257 e. The average molecular weight is 406 g/mol. The van der Waals surface area contributed by atoms with E-state index in [9.17, 15) is 9.90 Å². The molecule has 2 saturated carbocycles. The quantitative estimate of drug-likeness (QED) is 0.591. The fourth-order valence-corrected chi connectivity index (χ4v) is 5.34.